The molecular formula is C15H13NO2. The third-order valence-electron chi connectivity index (χ3n) is 2.47. The Morgan fingerprint density at radius 1 is 1.00 bits per heavy atom. The van der Waals surface area contributed by atoms with E-state index in [0.29, 0.717) is 5.75 Å². The molecule has 90 valence electrons. The van der Waals surface area contributed by atoms with Crippen molar-refractivity contribution in [1.29, 1.82) is 5.41 Å². The number of phenolic OH excluding ortho intramolecular Hbond substituents is 1. The normalized spacial score (nSPS) is 9.78. The van der Waals surface area contributed by atoms with Gasteiger partial charge in [0.15, 0.2) is 0 Å². The first-order valence-corrected chi connectivity index (χ1v) is 5.47. The summed E-state index contributed by atoms with van der Waals surface area (Å²) in [5.41, 5.74) is 2.03. The van der Waals surface area contributed by atoms with Crippen LogP contribution in [-0.4, -0.2) is 11.0 Å². The van der Waals surface area contributed by atoms with E-state index in [-0.39, 0.29) is 11.6 Å². The molecule has 3 nitrogen and oxygen atoms in total. The zero-order valence-electron chi connectivity index (χ0n) is 9.76. The number of benzene rings is 2. The summed E-state index contributed by atoms with van der Waals surface area (Å²) in [6.45, 7) is 3.46. The van der Waals surface area contributed by atoms with Crippen LogP contribution in [0, 0.1) is 5.41 Å². The average molecular weight is 239 g/mol. The van der Waals surface area contributed by atoms with E-state index in [0.717, 1.165) is 11.1 Å². The second kappa shape index (κ2) is 5.19. The van der Waals surface area contributed by atoms with Crippen LogP contribution in [-0.2, 0) is 0 Å². The lowest BCUT2D eigenvalue weighted by atomic mass is 10.1. The van der Waals surface area contributed by atoms with Gasteiger partial charge < -0.3 is 9.84 Å². The van der Waals surface area contributed by atoms with Crippen LogP contribution in [0.25, 0.3) is 11.1 Å². The average Bonchev–Trinajstić information content (AvgIpc) is 2.40. The first-order valence-electron chi connectivity index (χ1n) is 5.47. The second-order valence-corrected chi connectivity index (χ2v) is 3.74. The van der Waals surface area contributed by atoms with Gasteiger partial charge in [0.05, 0.1) is 0 Å². The molecule has 0 unspecified atom stereocenters. The van der Waals surface area contributed by atoms with Crippen LogP contribution in [0.1, 0.15) is 0 Å². The van der Waals surface area contributed by atoms with E-state index in [1.807, 2.05) is 24.3 Å². The SMILES string of the molecule is C=CC(=N)Oc1ccc(-c2ccc(O)cc2)cc1. The Morgan fingerprint density at radius 3 is 2.00 bits per heavy atom. The molecule has 0 atom stereocenters. The van der Waals surface area contributed by atoms with Gasteiger partial charge in [-0.3, -0.25) is 5.41 Å². The predicted octanol–water partition coefficient (Wildman–Crippen LogP) is 3.60. The van der Waals surface area contributed by atoms with Gasteiger partial charge in [-0.15, -0.1) is 0 Å². The standard InChI is InChI=1S/C15H13NO2/c1-2-15(16)18-14-9-5-12(6-10-14)11-3-7-13(17)8-4-11/h2-10,16-17H,1H2. The summed E-state index contributed by atoms with van der Waals surface area (Å²) in [5, 5.41) is 16.6. The summed E-state index contributed by atoms with van der Waals surface area (Å²) in [6.07, 6.45) is 1.34. The molecule has 2 aromatic carbocycles. The third-order valence-corrected chi connectivity index (χ3v) is 2.47. The van der Waals surface area contributed by atoms with Crippen molar-refractivity contribution in [2.24, 2.45) is 0 Å². The van der Waals surface area contributed by atoms with Crippen LogP contribution < -0.4 is 4.74 Å². The number of phenols is 1. The smallest absolute Gasteiger partial charge is 0.211 e. The summed E-state index contributed by atoms with van der Waals surface area (Å²) in [6, 6.07) is 14.4. The van der Waals surface area contributed by atoms with Crippen molar-refractivity contribution in [3.63, 3.8) is 0 Å². The number of aromatic hydroxyl groups is 1. The van der Waals surface area contributed by atoms with Gasteiger partial charge in [0, 0.05) is 0 Å². The summed E-state index contributed by atoms with van der Waals surface area (Å²) >= 11 is 0. The first-order chi connectivity index (χ1) is 8.69. The second-order valence-electron chi connectivity index (χ2n) is 3.74. The van der Waals surface area contributed by atoms with Gasteiger partial charge in [-0.25, -0.2) is 0 Å². The molecule has 0 aliphatic heterocycles. The highest BCUT2D eigenvalue weighted by Crippen LogP contribution is 2.24. The fourth-order valence-corrected chi connectivity index (χ4v) is 1.54. The van der Waals surface area contributed by atoms with Crippen molar-refractivity contribution in [2.45, 2.75) is 0 Å². The molecule has 0 aliphatic rings. The zero-order chi connectivity index (χ0) is 13.0. The topological polar surface area (TPSA) is 53.3 Å². The highest BCUT2D eigenvalue weighted by Gasteiger charge is 2.00. The van der Waals surface area contributed by atoms with Gasteiger partial charge in [-0.05, 0) is 41.5 Å². The first kappa shape index (κ1) is 11.9. The maximum absolute atomic E-state index is 9.22. The summed E-state index contributed by atoms with van der Waals surface area (Å²) in [4.78, 5) is 0. The van der Waals surface area contributed by atoms with Gasteiger partial charge in [0.1, 0.15) is 11.5 Å². The lowest BCUT2D eigenvalue weighted by Crippen LogP contribution is -2.01. The highest BCUT2D eigenvalue weighted by molar-refractivity contribution is 5.86. The van der Waals surface area contributed by atoms with Gasteiger partial charge in [-0.2, -0.15) is 0 Å². The van der Waals surface area contributed by atoms with E-state index in [4.69, 9.17) is 10.1 Å². The zero-order valence-corrected chi connectivity index (χ0v) is 9.76. The monoisotopic (exact) mass is 239 g/mol. The Balaban J connectivity index is 2.19. The molecule has 0 radical (unpaired) electrons. The molecule has 2 aromatic rings. The minimum absolute atomic E-state index is 0.0207. The Bertz CT molecular complexity index is 556. The maximum Gasteiger partial charge on any atom is 0.211 e. The number of ether oxygens (including phenoxy) is 1. The Morgan fingerprint density at radius 2 is 1.50 bits per heavy atom. The lowest BCUT2D eigenvalue weighted by molar-refractivity contribution is 0.475. The van der Waals surface area contributed by atoms with Gasteiger partial charge in [0.25, 0.3) is 0 Å². The van der Waals surface area contributed by atoms with E-state index in [1.54, 1.807) is 24.3 Å². The van der Waals surface area contributed by atoms with Crippen LogP contribution in [0.3, 0.4) is 0 Å². The Kier molecular flexibility index (Phi) is 3.44. The van der Waals surface area contributed by atoms with Gasteiger partial charge >= 0.3 is 0 Å². The molecular weight excluding hydrogens is 226 g/mol. The van der Waals surface area contributed by atoms with E-state index in [1.165, 1.54) is 6.08 Å². The van der Waals surface area contributed by atoms with Crippen molar-refractivity contribution in [2.75, 3.05) is 0 Å². The largest absolute Gasteiger partial charge is 0.508 e. The van der Waals surface area contributed by atoms with E-state index in [9.17, 15) is 5.11 Å². The fraction of sp³-hybridized carbons (Fsp3) is 0. The number of rotatable bonds is 3. The summed E-state index contributed by atoms with van der Waals surface area (Å²) in [7, 11) is 0. The number of nitrogens with one attached hydrogen (secondary N) is 1. The van der Waals surface area contributed by atoms with Crippen LogP contribution in [0.15, 0.2) is 61.2 Å². The molecule has 3 heteroatoms. The lowest BCUT2D eigenvalue weighted by Gasteiger charge is -2.05. The molecule has 0 heterocycles. The minimum atomic E-state index is 0.0207. The molecule has 18 heavy (non-hydrogen) atoms. The van der Waals surface area contributed by atoms with Crippen molar-refractivity contribution in [3.05, 3.63) is 61.2 Å². The van der Waals surface area contributed by atoms with Gasteiger partial charge in [0.2, 0.25) is 5.90 Å². The predicted molar refractivity (Wildman–Crippen MR) is 72.1 cm³/mol. The maximum atomic E-state index is 9.22. The number of hydrogen-bond acceptors (Lipinski definition) is 3. The molecule has 0 aromatic heterocycles. The molecule has 2 N–H and O–H groups in total. The van der Waals surface area contributed by atoms with E-state index in [2.05, 4.69) is 6.58 Å². The molecule has 0 bridgehead atoms. The molecule has 0 amide bonds. The Hall–Kier alpha value is -2.55. The Labute approximate surface area is 105 Å². The van der Waals surface area contributed by atoms with Crippen LogP contribution in [0.2, 0.25) is 0 Å². The van der Waals surface area contributed by atoms with Crippen molar-refractivity contribution >= 4 is 5.90 Å². The van der Waals surface area contributed by atoms with Gasteiger partial charge in [-0.1, -0.05) is 30.8 Å². The highest BCUT2D eigenvalue weighted by atomic mass is 16.5. The summed E-state index contributed by atoms with van der Waals surface area (Å²) in [5.74, 6) is 0.868. The van der Waals surface area contributed by atoms with Crippen molar-refractivity contribution in [1.82, 2.24) is 0 Å². The summed E-state index contributed by atoms with van der Waals surface area (Å²) < 4.78 is 5.20. The molecule has 0 spiro atoms. The van der Waals surface area contributed by atoms with Crippen molar-refractivity contribution in [3.8, 4) is 22.6 Å². The quantitative estimate of drug-likeness (QED) is 0.635. The molecule has 2 rings (SSSR count). The molecule has 0 fully saturated rings. The van der Waals surface area contributed by atoms with Crippen LogP contribution in [0.5, 0.6) is 11.5 Å². The molecule has 0 saturated heterocycles. The van der Waals surface area contributed by atoms with E-state index < -0.39 is 0 Å². The van der Waals surface area contributed by atoms with Crippen LogP contribution >= 0.6 is 0 Å². The minimum Gasteiger partial charge on any atom is -0.508 e. The fourth-order valence-electron chi connectivity index (χ4n) is 1.54. The van der Waals surface area contributed by atoms with Crippen LogP contribution in [0.4, 0.5) is 0 Å². The molecule has 0 aliphatic carbocycles. The third kappa shape index (κ3) is 2.77. The van der Waals surface area contributed by atoms with Crippen molar-refractivity contribution < 1.29 is 9.84 Å². The number of hydrogen-bond donors (Lipinski definition) is 2. The molecule has 0 saturated carbocycles. The van der Waals surface area contributed by atoms with E-state index >= 15 is 0 Å².